The van der Waals surface area contributed by atoms with Crippen molar-refractivity contribution in [2.75, 3.05) is 19.7 Å². The highest BCUT2D eigenvalue weighted by Crippen LogP contribution is 2.20. The second-order valence-corrected chi connectivity index (χ2v) is 5.62. The molecule has 3 N–H and O–H groups in total. The van der Waals surface area contributed by atoms with Gasteiger partial charge in [0.05, 0.1) is 19.3 Å². The maximum Gasteiger partial charge on any atom is 0.262 e. The Balaban J connectivity index is 1.75. The molecule has 1 saturated carbocycles. The highest BCUT2D eigenvalue weighted by Gasteiger charge is 2.15. The Hall–Kier alpha value is -1.35. The molecule has 0 saturated heterocycles. The molecule has 108 valence electrons. The van der Waals surface area contributed by atoms with E-state index in [4.69, 9.17) is 10.5 Å². The third-order valence-electron chi connectivity index (χ3n) is 3.24. The fourth-order valence-electron chi connectivity index (χ4n) is 2.26. The van der Waals surface area contributed by atoms with Crippen LogP contribution in [0.3, 0.4) is 0 Å². The molecule has 0 aliphatic heterocycles. The second-order valence-electron chi connectivity index (χ2n) is 4.70. The number of amides is 1. The van der Waals surface area contributed by atoms with Gasteiger partial charge in [0.25, 0.3) is 5.91 Å². The molecule has 1 aliphatic rings. The van der Waals surface area contributed by atoms with Crippen molar-refractivity contribution in [1.82, 2.24) is 5.32 Å². The van der Waals surface area contributed by atoms with Crippen LogP contribution in [0.4, 0.5) is 0 Å². The summed E-state index contributed by atoms with van der Waals surface area (Å²) in [7, 11) is 0. The minimum atomic E-state index is -0.0867. The Morgan fingerprint density at radius 3 is 3.05 bits per heavy atom. The van der Waals surface area contributed by atoms with Crippen molar-refractivity contribution in [3.05, 3.63) is 21.9 Å². The van der Waals surface area contributed by atoms with Crippen LogP contribution in [0.2, 0.25) is 0 Å². The maximum absolute atomic E-state index is 12.0. The third-order valence-corrected chi connectivity index (χ3v) is 4.15. The standard InChI is InChI=1S/C15H20N2O2S/c16-8-3-4-12-7-11-20-14(12)15(18)17-9-10-19-13-5-1-2-6-13/h7,11,13H,1-2,5-6,8-10,16H2,(H,17,18). The summed E-state index contributed by atoms with van der Waals surface area (Å²) in [6.07, 6.45) is 5.21. The number of thiophene rings is 1. The van der Waals surface area contributed by atoms with Gasteiger partial charge in [-0.15, -0.1) is 11.3 Å². The lowest BCUT2D eigenvalue weighted by Gasteiger charge is -2.11. The zero-order valence-corrected chi connectivity index (χ0v) is 12.3. The van der Waals surface area contributed by atoms with E-state index in [1.54, 1.807) is 0 Å². The Kier molecular flexibility index (Phi) is 6.06. The normalized spacial score (nSPS) is 14.8. The number of ether oxygens (including phenoxy) is 1. The average Bonchev–Trinajstić information content (AvgIpc) is 3.12. The minimum Gasteiger partial charge on any atom is -0.376 e. The van der Waals surface area contributed by atoms with Crippen LogP contribution in [0, 0.1) is 11.8 Å². The first-order valence-electron chi connectivity index (χ1n) is 6.97. The van der Waals surface area contributed by atoms with Crippen molar-refractivity contribution in [2.45, 2.75) is 31.8 Å². The minimum absolute atomic E-state index is 0.0867. The molecule has 1 fully saturated rings. The summed E-state index contributed by atoms with van der Waals surface area (Å²) in [4.78, 5) is 12.7. The molecule has 0 spiro atoms. The van der Waals surface area contributed by atoms with Gasteiger partial charge in [-0.3, -0.25) is 4.79 Å². The predicted molar refractivity (Wildman–Crippen MR) is 80.8 cm³/mol. The van der Waals surface area contributed by atoms with E-state index in [2.05, 4.69) is 17.2 Å². The van der Waals surface area contributed by atoms with Gasteiger partial charge < -0.3 is 15.8 Å². The Morgan fingerprint density at radius 2 is 2.30 bits per heavy atom. The molecular formula is C15H20N2O2S. The van der Waals surface area contributed by atoms with Gasteiger partial charge in [0, 0.05) is 12.1 Å². The number of nitrogens with two attached hydrogens (primary N) is 1. The maximum atomic E-state index is 12.0. The van der Waals surface area contributed by atoms with Crippen molar-refractivity contribution >= 4 is 17.2 Å². The molecule has 0 bridgehead atoms. The van der Waals surface area contributed by atoms with Gasteiger partial charge in [-0.2, -0.15) is 0 Å². The lowest BCUT2D eigenvalue weighted by atomic mass is 10.2. The largest absolute Gasteiger partial charge is 0.376 e. The SMILES string of the molecule is NCC#Cc1ccsc1C(=O)NCCOC1CCCC1. The van der Waals surface area contributed by atoms with Crippen LogP contribution in [0.15, 0.2) is 11.4 Å². The molecule has 1 amide bonds. The van der Waals surface area contributed by atoms with Crippen molar-refractivity contribution in [3.63, 3.8) is 0 Å². The van der Waals surface area contributed by atoms with Crippen LogP contribution < -0.4 is 11.1 Å². The molecule has 0 aromatic carbocycles. The summed E-state index contributed by atoms with van der Waals surface area (Å²) in [5.74, 6) is 5.60. The summed E-state index contributed by atoms with van der Waals surface area (Å²) < 4.78 is 5.71. The molecule has 0 unspecified atom stereocenters. The lowest BCUT2D eigenvalue weighted by molar-refractivity contribution is 0.0582. The van der Waals surface area contributed by atoms with Crippen molar-refractivity contribution in [2.24, 2.45) is 5.73 Å². The van der Waals surface area contributed by atoms with Crippen molar-refractivity contribution in [1.29, 1.82) is 0 Å². The van der Waals surface area contributed by atoms with Gasteiger partial charge in [0.1, 0.15) is 4.88 Å². The number of hydrogen-bond acceptors (Lipinski definition) is 4. The molecule has 1 aromatic rings. The van der Waals surface area contributed by atoms with Crippen LogP contribution in [0.5, 0.6) is 0 Å². The van der Waals surface area contributed by atoms with Gasteiger partial charge in [-0.25, -0.2) is 0 Å². The van der Waals surface area contributed by atoms with E-state index in [0.29, 0.717) is 30.7 Å². The smallest absolute Gasteiger partial charge is 0.262 e. The predicted octanol–water partition coefficient (Wildman–Crippen LogP) is 1.75. The van der Waals surface area contributed by atoms with Crippen LogP contribution >= 0.6 is 11.3 Å². The van der Waals surface area contributed by atoms with E-state index in [0.717, 1.165) is 18.4 Å². The first-order valence-corrected chi connectivity index (χ1v) is 7.85. The summed E-state index contributed by atoms with van der Waals surface area (Å²) in [6, 6.07) is 1.84. The van der Waals surface area contributed by atoms with E-state index < -0.39 is 0 Å². The molecule has 1 heterocycles. The Labute approximate surface area is 123 Å². The molecule has 0 atom stereocenters. The molecular weight excluding hydrogens is 272 g/mol. The average molecular weight is 292 g/mol. The van der Waals surface area contributed by atoms with E-state index >= 15 is 0 Å². The molecule has 5 heteroatoms. The lowest BCUT2D eigenvalue weighted by Crippen LogP contribution is -2.28. The molecule has 1 aliphatic carbocycles. The first kappa shape index (κ1) is 15.0. The fourth-order valence-corrected chi connectivity index (χ4v) is 3.02. The zero-order valence-electron chi connectivity index (χ0n) is 11.5. The van der Waals surface area contributed by atoms with E-state index in [9.17, 15) is 4.79 Å². The zero-order chi connectivity index (χ0) is 14.2. The number of carbonyl (C=O) groups excluding carboxylic acids is 1. The molecule has 4 nitrogen and oxygen atoms in total. The molecule has 20 heavy (non-hydrogen) atoms. The molecule has 1 aromatic heterocycles. The third kappa shape index (κ3) is 4.34. The van der Waals surface area contributed by atoms with Crippen molar-refractivity contribution < 1.29 is 9.53 Å². The summed E-state index contributed by atoms with van der Waals surface area (Å²) in [6.45, 7) is 1.41. The van der Waals surface area contributed by atoms with E-state index in [1.807, 2.05) is 11.4 Å². The van der Waals surface area contributed by atoms with E-state index in [-0.39, 0.29) is 5.91 Å². The van der Waals surface area contributed by atoms with Crippen LogP contribution in [0.1, 0.15) is 40.9 Å². The molecule has 0 radical (unpaired) electrons. The summed E-state index contributed by atoms with van der Waals surface area (Å²) in [5.41, 5.74) is 6.09. The highest BCUT2D eigenvalue weighted by molar-refractivity contribution is 7.12. The Bertz CT molecular complexity index is 495. The summed E-state index contributed by atoms with van der Waals surface area (Å²) >= 11 is 1.40. The first-order chi connectivity index (χ1) is 9.81. The van der Waals surface area contributed by atoms with Gasteiger partial charge in [0.2, 0.25) is 0 Å². The van der Waals surface area contributed by atoms with E-state index in [1.165, 1.54) is 24.2 Å². The Morgan fingerprint density at radius 1 is 1.50 bits per heavy atom. The van der Waals surface area contributed by atoms with Gasteiger partial charge in [0.15, 0.2) is 0 Å². The van der Waals surface area contributed by atoms with Gasteiger partial charge >= 0.3 is 0 Å². The van der Waals surface area contributed by atoms with Crippen LogP contribution in [0.25, 0.3) is 0 Å². The van der Waals surface area contributed by atoms with Gasteiger partial charge in [-0.1, -0.05) is 24.7 Å². The van der Waals surface area contributed by atoms with Crippen LogP contribution in [-0.2, 0) is 4.74 Å². The van der Waals surface area contributed by atoms with Crippen molar-refractivity contribution in [3.8, 4) is 11.8 Å². The molecule has 2 rings (SSSR count). The number of nitrogens with one attached hydrogen (secondary N) is 1. The topological polar surface area (TPSA) is 64.4 Å². The summed E-state index contributed by atoms with van der Waals surface area (Å²) in [5, 5.41) is 4.74. The second kappa shape index (κ2) is 8.05. The quantitative estimate of drug-likeness (QED) is 0.642. The fraction of sp³-hybridized carbons (Fsp3) is 0.533. The number of carbonyl (C=O) groups is 1. The van der Waals surface area contributed by atoms with Crippen LogP contribution in [-0.4, -0.2) is 31.7 Å². The van der Waals surface area contributed by atoms with Gasteiger partial charge in [-0.05, 0) is 24.3 Å². The monoisotopic (exact) mass is 292 g/mol. The highest BCUT2D eigenvalue weighted by atomic mass is 32.1. The number of hydrogen-bond donors (Lipinski definition) is 2. The number of rotatable bonds is 5.